The zero-order chi connectivity index (χ0) is 16.1. The van der Waals surface area contributed by atoms with Crippen LogP contribution in [0.3, 0.4) is 0 Å². The summed E-state index contributed by atoms with van der Waals surface area (Å²) in [5, 5.41) is 2.86. The van der Waals surface area contributed by atoms with Gasteiger partial charge in [0.15, 0.2) is 6.61 Å². The molecule has 0 aliphatic carbocycles. The third kappa shape index (κ3) is 4.20. The van der Waals surface area contributed by atoms with Crippen molar-refractivity contribution in [2.24, 2.45) is 0 Å². The summed E-state index contributed by atoms with van der Waals surface area (Å²) in [5.41, 5.74) is 6.33. The molecule has 0 aromatic heterocycles. The summed E-state index contributed by atoms with van der Waals surface area (Å²) in [4.78, 5) is 23.4. The number of anilines is 2. The minimum atomic E-state index is -0.733. The van der Waals surface area contributed by atoms with Crippen molar-refractivity contribution in [3.8, 4) is 0 Å². The molecule has 114 valence electrons. The molecule has 2 aromatic carbocycles. The van der Waals surface area contributed by atoms with Gasteiger partial charge < -0.3 is 15.8 Å². The Morgan fingerprint density at radius 2 is 1.86 bits per heavy atom. The second-order valence-electron chi connectivity index (χ2n) is 4.36. The number of nitrogen functional groups attached to an aromatic ring is 1. The van der Waals surface area contributed by atoms with Crippen molar-refractivity contribution in [2.45, 2.75) is 0 Å². The first kappa shape index (κ1) is 15.8. The number of carbonyl (C=O) groups excluding carboxylic acids is 2. The third-order valence-electron chi connectivity index (χ3n) is 2.70. The van der Waals surface area contributed by atoms with E-state index in [2.05, 4.69) is 5.32 Å². The lowest BCUT2D eigenvalue weighted by Crippen LogP contribution is -2.21. The molecule has 0 aliphatic rings. The molecule has 0 heterocycles. The van der Waals surface area contributed by atoms with E-state index in [1.807, 2.05) is 0 Å². The molecule has 7 heteroatoms. The van der Waals surface area contributed by atoms with Crippen LogP contribution in [0.1, 0.15) is 10.4 Å². The minimum absolute atomic E-state index is 0.124. The smallest absolute Gasteiger partial charge is 0.340 e. The third-order valence-corrected chi connectivity index (χ3v) is 2.93. The van der Waals surface area contributed by atoms with Gasteiger partial charge in [-0.15, -0.1) is 0 Å². The summed E-state index contributed by atoms with van der Waals surface area (Å²) in [6.45, 7) is -0.488. The van der Waals surface area contributed by atoms with Crippen molar-refractivity contribution in [3.63, 3.8) is 0 Å². The highest BCUT2D eigenvalue weighted by atomic mass is 35.5. The molecule has 1 amide bonds. The first-order valence-corrected chi connectivity index (χ1v) is 6.61. The van der Waals surface area contributed by atoms with Crippen molar-refractivity contribution in [3.05, 3.63) is 58.9 Å². The van der Waals surface area contributed by atoms with Gasteiger partial charge in [0, 0.05) is 16.4 Å². The summed E-state index contributed by atoms with van der Waals surface area (Å²) in [7, 11) is 0. The molecule has 0 fully saturated rings. The van der Waals surface area contributed by atoms with Crippen LogP contribution in [0.4, 0.5) is 15.8 Å². The zero-order valence-corrected chi connectivity index (χ0v) is 12.1. The minimum Gasteiger partial charge on any atom is -0.452 e. The molecule has 2 rings (SSSR count). The van der Waals surface area contributed by atoms with Crippen LogP contribution in [0, 0.1) is 5.82 Å². The van der Waals surface area contributed by atoms with Gasteiger partial charge in [-0.3, -0.25) is 4.79 Å². The molecule has 22 heavy (non-hydrogen) atoms. The number of ether oxygens (including phenoxy) is 1. The number of rotatable bonds is 4. The first-order chi connectivity index (χ1) is 10.5. The highest BCUT2D eigenvalue weighted by Crippen LogP contribution is 2.18. The van der Waals surface area contributed by atoms with Gasteiger partial charge in [-0.25, -0.2) is 9.18 Å². The van der Waals surface area contributed by atoms with E-state index in [-0.39, 0.29) is 11.3 Å². The molecule has 0 radical (unpaired) electrons. The maximum absolute atomic E-state index is 12.7. The molecule has 0 saturated heterocycles. The van der Waals surface area contributed by atoms with Gasteiger partial charge in [0.25, 0.3) is 5.91 Å². The lowest BCUT2D eigenvalue weighted by molar-refractivity contribution is -0.119. The van der Waals surface area contributed by atoms with E-state index < -0.39 is 24.3 Å². The van der Waals surface area contributed by atoms with Crippen molar-refractivity contribution < 1.29 is 18.7 Å². The molecule has 0 atom stereocenters. The first-order valence-electron chi connectivity index (χ1n) is 6.23. The zero-order valence-electron chi connectivity index (χ0n) is 11.3. The fraction of sp³-hybridized carbons (Fsp3) is 0.0667. The Hall–Kier alpha value is -2.60. The van der Waals surface area contributed by atoms with E-state index in [9.17, 15) is 14.0 Å². The van der Waals surface area contributed by atoms with Gasteiger partial charge in [-0.1, -0.05) is 11.6 Å². The normalized spacial score (nSPS) is 10.1. The highest BCUT2D eigenvalue weighted by molar-refractivity contribution is 6.31. The number of hydrogen-bond donors (Lipinski definition) is 2. The second kappa shape index (κ2) is 6.91. The highest BCUT2D eigenvalue weighted by Gasteiger charge is 2.13. The van der Waals surface area contributed by atoms with E-state index in [1.165, 1.54) is 42.5 Å². The average molecular weight is 323 g/mol. The number of amides is 1. The standard InChI is InChI=1S/C15H12ClFN2O3/c16-9-1-6-12(13(18)7-9)15(21)22-8-14(20)19-11-4-2-10(17)3-5-11/h1-7H,8,18H2,(H,19,20). The number of carbonyl (C=O) groups is 2. The van der Waals surface area contributed by atoms with Gasteiger partial charge in [-0.2, -0.15) is 0 Å². The van der Waals surface area contributed by atoms with Crippen molar-refractivity contribution in [1.29, 1.82) is 0 Å². The number of benzene rings is 2. The Morgan fingerprint density at radius 1 is 1.18 bits per heavy atom. The molecular formula is C15H12ClFN2O3. The van der Waals surface area contributed by atoms with Gasteiger partial charge in [0.05, 0.1) is 5.56 Å². The van der Waals surface area contributed by atoms with E-state index in [4.69, 9.17) is 22.1 Å². The van der Waals surface area contributed by atoms with E-state index in [0.717, 1.165) is 0 Å². The fourth-order valence-electron chi connectivity index (χ4n) is 1.66. The van der Waals surface area contributed by atoms with Crippen molar-refractivity contribution >= 4 is 34.9 Å². The number of hydrogen-bond acceptors (Lipinski definition) is 4. The van der Waals surface area contributed by atoms with Gasteiger partial charge in [0.1, 0.15) is 5.82 Å². The Kier molecular flexibility index (Phi) is 4.95. The van der Waals surface area contributed by atoms with Crippen LogP contribution in [0.2, 0.25) is 5.02 Å². The van der Waals surface area contributed by atoms with E-state index in [0.29, 0.717) is 10.7 Å². The quantitative estimate of drug-likeness (QED) is 0.670. The van der Waals surface area contributed by atoms with E-state index >= 15 is 0 Å². The van der Waals surface area contributed by atoms with Crippen molar-refractivity contribution in [1.82, 2.24) is 0 Å². The van der Waals surface area contributed by atoms with Crippen LogP contribution in [-0.2, 0) is 9.53 Å². The predicted octanol–water partition coefficient (Wildman–Crippen LogP) is 2.86. The van der Waals surface area contributed by atoms with Crippen LogP contribution in [0.15, 0.2) is 42.5 Å². The lowest BCUT2D eigenvalue weighted by Gasteiger charge is -2.08. The Morgan fingerprint density at radius 3 is 2.50 bits per heavy atom. The summed E-state index contributed by atoms with van der Waals surface area (Å²) in [5.74, 6) is -1.70. The molecule has 0 saturated carbocycles. The topological polar surface area (TPSA) is 81.4 Å². The molecule has 0 spiro atoms. The molecule has 2 aromatic rings. The van der Waals surface area contributed by atoms with Crippen molar-refractivity contribution in [2.75, 3.05) is 17.7 Å². The Balaban J connectivity index is 1.90. The number of esters is 1. The summed E-state index contributed by atoms with van der Waals surface area (Å²) >= 11 is 5.73. The fourth-order valence-corrected chi connectivity index (χ4v) is 1.84. The van der Waals surface area contributed by atoms with E-state index in [1.54, 1.807) is 0 Å². The molecule has 0 aliphatic heterocycles. The summed E-state index contributed by atoms with van der Waals surface area (Å²) in [6.07, 6.45) is 0. The monoisotopic (exact) mass is 322 g/mol. The SMILES string of the molecule is Nc1cc(Cl)ccc1C(=O)OCC(=O)Nc1ccc(F)cc1. The number of nitrogens with one attached hydrogen (secondary N) is 1. The largest absolute Gasteiger partial charge is 0.452 e. The molecule has 0 bridgehead atoms. The second-order valence-corrected chi connectivity index (χ2v) is 4.80. The number of halogens is 2. The van der Waals surface area contributed by atoms with Crippen LogP contribution in [0.5, 0.6) is 0 Å². The van der Waals surface area contributed by atoms with Gasteiger partial charge in [-0.05, 0) is 42.5 Å². The maximum atomic E-state index is 12.7. The van der Waals surface area contributed by atoms with Gasteiger partial charge >= 0.3 is 5.97 Å². The molecule has 5 nitrogen and oxygen atoms in total. The Bertz CT molecular complexity index is 704. The lowest BCUT2D eigenvalue weighted by atomic mass is 10.2. The summed E-state index contributed by atoms with van der Waals surface area (Å²) in [6, 6.07) is 9.52. The predicted molar refractivity (Wildman–Crippen MR) is 81.2 cm³/mol. The van der Waals surface area contributed by atoms with Crippen LogP contribution < -0.4 is 11.1 Å². The van der Waals surface area contributed by atoms with Crippen LogP contribution in [0.25, 0.3) is 0 Å². The maximum Gasteiger partial charge on any atom is 0.340 e. The molecule has 3 N–H and O–H groups in total. The van der Waals surface area contributed by atoms with Gasteiger partial charge in [0.2, 0.25) is 0 Å². The molecule has 0 unspecified atom stereocenters. The average Bonchev–Trinajstić information content (AvgIpc) is 2.47. The van der Waals surface area contributed by atoms with Crippen LogP contribution in [-0.4, -0.2) is 18.5 Å². The Labute approximate surface area is 130 Å². The molecular weight excluding hydrogens is 311 g/mol. The summed E-state index contributed by atoms with van der Waals surface area (Å²) < 4.78 is 17.6. The van der Waals surface area contributed by atoms with Crippen LogP contribution >= 0.6 is 11.6 Å². The number of nitrogens with two attached hydrogens (primary N) is 1.